The van der Waals surface area contributed by atoms with Gasteiger partial charge in [0.1, 0.15) is 11.9 Å². The van der Waals surface area contributed by atoms with Gasteiger partial charge in [0.05, 0.1) is 12.7 Å². The summed E-state index contributed by atoms with van der Waals surface area (Å²) in [7, 11) is 0. The summed E-state index contributed by atoms with van der Waals surface area (Å²) in [5.41, 5.74) is 1.29. The topological polar surface area (TPSA) is 29.5 Å². The molecule has 0 aliphatic heterocycles. The van der Waals surface area contributed by atoms with Crippen LogP contribution in [0.5, 0.6) is 0 Å². The molecule has 1 N–H and O–H groups in total. The second-order valence-corrected chi connectivity index (χ2v) is 4.46. The van der Waals surface area contributed by atoms with Crippen molar-refractivity contribution in [2.75, 3.05) is 0 Å². The van der Waals surface area contributed by atoms with Crippen LogP contribution in [0.25, 0.3) is 0 Å². The molecule has 2 aromatic rings. The molecule has 0 spiro atoms. The average Bonchev–Trinajstić information content (AvgIpc) is 2.46. The monoisotopic (exact) mass is 260 g/mol. The van der Waals surface area contributed by atoms with Gasteiger partial charge in [-0.3, -0.25) is 0 Å². The number of aliphatic hydroxyl groups excluding tert-OH is 1. The van der Waals surface area contributed by atoms with E-state index in [0.717, 1.165) is 5.56 Å². The standard InChI is InChI=1S/C16H17FO2/c1-12(16(18)13-7-3-2-4-8-13)19-11-14-9-5-6-10-15(14)17/h2-10,12,16,18H,11H2,1H3. The van der Waals surface area contributed by atoms with Crippen LogP contribution in [0.2, 0.25) is 0 Å². The lowest BCUT2D eigenvalue weighted by Crippen LogP contribution is -2.18. The Kier molecular flexibility index (Phi) is 4.66. The molecule has 0 aromatic heterocycles. The maximum absolute atomic E-state index is 13.4. The molecule has 0 bridgehead atoms. The van der Waals surface area contributed by atoms with Gasteiger partial charge in [-0.15, -0.1) is 0 Å². The molecule has 0 saturated carbocycles. The van der Waals surface area contributed by atoms with Crippen LogP contribution >= 0.6 is 0 Å². The summed E-state index contributed by atoms with van der Waals surface area (Å²) in [6.45, 7) is 1.93. The largest absolute Gasteiger partial charge is 0.386 e. The SMILES string of the molecule is CC(OCc1ccccc1F)C(O)c1ccccc1. The van der Waals surface area contributed by atoms with Crippen molar-refractivity contribution in [1.29, 1.82) is 0 Å². The molecule has 19 heavy (non-hydrogen) atoms. The smallest absolute Gasteiger partial charge is 0.128 e. The first-order valence-corrected chi connectivity index (χ1v) is 6.26. The highest BCUT2D eigenvalue weighted by atomic mass is 19.1. The Morgan fingerprint density at radius 3 is 2.37 bits per heavy atom. The van der Waals surface area contributed by atoms with E-state index >= 15 is 0 Å². The number of aliphatic hydroxyl groups is 1. The van der Waals surface area contributed by atoms with Crippen LogP contribution in [-0.2, 0) is 11.3 Å². The minimum Gasteiger partial charge on any atom is -0.386 e. The molecule has 0 radical (unpaired) electrons. The molecule has 2 rings (SSSR count). The lowest BCUT2D eigenvalue weighted by atomic mass is 10.1. The van der Waals surface area contributed by atoms with Crippen molar-refractivity contribution in [3.8, 4) is 0 Å². The highest BCUT2D eigenvalue weighted by Gasteiger charge is 2.17. The average molecular weight is 260 g/mol. The zero-order valence-electron chi connectivity index (χ0n) is 10.8. The van der Waals surface area contributed by atoms with Gasteiger partial charge in [-0.1, -0.05) is 48.5 Å². The van der Waals surface area contributed by atoms with Gasteiger partial charge >= 0.3 is 0 Å². The van der Waals surface area contributed by atoms with Crippen molar-refractivity contribution in [2.45, 2.75) is 25.7 Å². The maximum atomic E-state index is 13.4. The van der Waals surface area contributed by atoms with E-state index in [1.165, 1.54) is 6.07 Å². The van der Waals surface area contributed by atoms with Crippen molar-refractivity contribution >= 4 is 0 Å². The molecule has 0 aliphatic carbocycles. The van der Waals surface area contributed by atoms with Crippen molar-refractivity contribution < 1.29 is 14.2 Å². The first-order valence-electron chi connectivity index (χ1n) is 6.26. The molecule has 0 heterocycles. The fourth-order valence-corrected chi connectivity index (χ4v) is 1.85. The zero-order valence-corrected chi connectivity index (χ0v) is 10.8. The number of benzene rings is 2. The summed E-state index contributed by atoms with van der Waals surface area (Å²) < 4.78 is 19.0. The van der Waals surface area contributed by atoms with Crippen LogP contribution < -0.4 is 0 Å². The predicted octanol–water partition coefficient (Wildman–Crippen LogP) is 3.46. The Bertz CT molecular complexity index is 513. The number of hydrogen-bond acceptors (Lipinski definition) is 2. The van der Waals surface area contributed by atoms with Crippen molar-refractivity contribution in [2.24, 2.45) is 0 Å². The van der Waals surface area contributed by atoms with Gasteiger partial charge in [0, 0.05) is 5.56 Å². The van der Waals surface area contributed by atoms with E-state index in [9.17, 15) is 9.50 Å². The summed E-state index contributed by atoms with van der Waals surface area (Å²) in [5, 5.41) is 10.1. The van der Waals surface area contributed by atoms with Crippen molar-refractivity contribution in [1.82, 2.24) is 0 Å². The normalized spacial score (nSPS) is 14.1. The minimum atomic E-state index is -0.715. The van der Waals surface area contributed by atoms with E-state index in [1.54, 1.807) is 25.1 Å². The second-order valence-electron chi connectivity index (χ2n) is 4.46. The van der Waals surface area contributed by atoms with Crippen LogP contribution in [-0.4, -0.2) is 11.2 Å². The molecule has 100 valence electrons. The summed E-state index contributed by atoms with van der Waals surface area (Å²) in [4.78, 5) is 0. The van der Waals surface area contributed by atoms with E-state index in [0.29, 0.717) is 5.56 Å². The zero-order chi connectivity index (χ0) is 13.7. The predicted molar refractivity (Wildman–Crippen MR) is 72.1 cm³/mol. The highest BCUT2D eigenvalue weighted by molar-refractivity contribution is 5.19. The molecule has 2 atom stereocenters. The van der Waals surface area contributed by atoms with Gasteiger partial charge in [-0.05, 0) is 18.6 Å². The molecular weight excluding hydrogens is 243 g/mol. The van der Waals surface area contributed by atoms with Crippen LogP contribution in [0.15, 0.2) is 54.6 Å². The molecule has 0 saturated heterocycles. The van der Waals surface area contributed by atoms with Crippen LogP contribution in [0.4, 0.5) is 4.39 Å². The fraction of sp³-hybridized carbons (Fsp3) is 0.250. The van der Waals surface area contributed by atoms with Crippen molar-refractivity contribution in [3.63, 3.8) is 0 Å². The third-order valence-electron chi connectivity index (χ3n) is 3.05. The molecule has 2 unspecified atom stereocenters. The Balaban J connectivity index is 1.95. The van der Waals surface area contributed by atoms with Gasteiger partial charge in [-0.25, -0.2) is 4.39 Å². The molecule has 0 fully saturated rings. The van der Waals surface area contributed by atoms with Gasteiger partial charge in [0.25, 0.3) is 0 Å². The lowest BCUT2D eigenvalue weighted by molar-refractivity contribution is -0.0372. The first kappa shape index (κ1) is 13.7. The molecule has 0 aliphatic rings. The van der Waals surface area contributed by atoms with Crippen molar-refractivity contribution in [3.05, 3.63) is 71.5 Å². The van der Waals surface area contributed by atoms with Crippen LogP contribution in [0, 0.1) is 5.82 Å². The molecule has 2 aromatic carbocycles. The Morgan fingerprint density at radius 1 is 1.05 bits per heavy atom. The quantitative estimate of drug-likeness (QED) is 0.892. The Hall–Kier alpha value is -1.71. The fourth-order valence-electron chi connectivity index (χ4n) is 1.85. The Labute approximate surface area is 112 Å². The number of hydrogen-bond donors (Lipinski definition) is 1. The molecular formula is C16H17FO2. The van der Waals surface area contributed by atoms with Crippen LogP contribution in [0.1, 0.15) is 24.2 Å². The van der Waals surface area contributed by atoms with Gasteiger partial charge in [-0.2, -0.15) is 0 Å². The number of halogens is 1. The van der Waals surface area contributed by atoms with Gasteiger partial charge in [0.2, 0.25) is 0 Å². The van der Waals surface area contributed by atoms with E-state index in [-0.39, 0.29) is 12.4 Å². The van der Waals surface area contributed by atoms with E-state index < -0.39 is 12.2 Å². The summed E-state index contributed by atoms with van der Waals surface area (Å²) >= 11 is 0. The van der Waals surface area contributed by atoms with E-state index in [2.05, 4.69) is 0 Å². The van der Waals surface area contributed by atoms with Gasteiger partial charge in [0.15, 0.2) is 0 Å². The second kappa shape index (κ2) is 6.45. The summed E-state index contributed by atoms with van der Waals surface area (Å²) in [6, 6.07) is 15.8. The molecule has 2 nitrogen and oxygen atoms in total. The number of ether oxygens (including phenoxy) is 1. The molecule has 3 heteroatoms. The lowest BCUT2D eigenvalue weighted by Gasteiger charge is -2.20. The first-order chi connectivity index (χ1) is 9.18. The van der Waals surface area contributed by atoms with Crippen LogP contribution in [0.3, 0.4) is 0 Å². The molecule has 0 amide bonds. The third-order valence-corrected chi connectivity index (χ3v) is 3.05. The maximum Gasteiger partial charge on any atom is 0.128 e. The van der Waals surface area contributed by atoms with E-state index in [4.69, 9.17) is 4.74 Å². The van der Waals surface area contributed by atoms with Gasteiger partial charge < -0.3 is 9.84 Å². The number of rotatable bonds is 5. The highest BCUT2D eigenvalue weighted by Crippen LogP contribution is 2.20. The third kappa shape index (κ3) is 3.63. The minimum absolute atomic E-state index is 0.151. The summed E-state index contributed by atoms with van der Waals surface area (Å²) in [5.74, 6) is -0.288. The summed E-state index contributed by atoms with van der Waals surface area (Å²) in [6.07, 6.45) is -1.12. The van der Waals surface area contributed by atoms with E-state index in [1.807, 2.05) is 30.3 Å². The Morgan fingerprint density at radius 2 is 1.68 bits per heavy atom.